The van der Waals surface area contributed by atoms with E-state index in [1.807, 2.05) is 0 Å². The third-order valence-electron chi connectivity index (χ3n) is 3.79. The smallest absolute Gasteiger partial charge is 0.410 e. The summed E-state index contributed by atoms with van der Waals surface area (Å²) in [6, 6.07) is -0.412. The Morgan fingerprint density at radius 2 is 2.00 bits per heavy atom. The van der Waals surface area contributed by atoms with Crippen LogP contribution in [0.4, 0.5) is 9.59 Å². The molecule has 164 valence electrons. The maximum atomic E-state index is 12.2. The molecule has 0 aromatic carbocycles. The third-order valence-corrected chi connectivity index (χ3v) is 4.41. The van der Waals surface area contributed by atoms with Crippen LogP contribution in [-0.4, -0.2) is 75.7 Å². The van der Waals surface area contributed by atoms with Crippen LogP contribution < -0.4 is 10.6 Å². The summed E-state index contributed by atoms with van der Waals surface area (Å²) >= 11 is 0. The Labute approximate surface area is 170 Å². The lowest BCUT2D eigenvalue weighted by molar-refractivity contribution is -0.121. The monoisotopic (exact) mass is 433 g/mol. The summed E-state index contributed by atoms with van der Waals surface area (Å²) in [5.74, 6) is -0.390. The summed E-state index contributed by atoms with van der Waals surface area (Å²) < 4.78 is 37.7. The summed E-state index contributed by atoms with van der Waals surface area (Å²) in [5, 5.41) is 4.87. The molecule has 1 unspecified atom stereocenters. The van der Waals surface area contributed by atoms with E-state index in [9.17, 15) is 22.8 Å². The largest absolute Gasteiger partial charge is 0.445 e. The van der Waals surface area contributed by atoms with Crippen molar-refractivity contribution in [2.75, 3.05) is 26.0 Å². The Morgan fingerprint density at radius 1 is 1.31 bits per heavy atom. The Hall–Kier alpha value is -2.60. The number of carbonyl (C=O) groups excluding carboxylic acids is 3. The van der Waals surface area contributed by atoms with E-state index in [0.717, 1.165) is 6.26 Å². The van der Waals surface area contributed by atoms with Gasteiger partial charge in [-0.25, -0.2) is 9.59 Å². The number of nitrogens with one attached hydrogen (secondary N) is 2. The predicted molar refractivity (Wildman–Crippen MR) is 103 cm³/mol. The highest BCUT2D eigenvalue weighted by molar-refractivity contribution is 7.86. The van der Waals surface area contributed by atoms with E-state index in [4.69, 9.17) is 13.7 Å². The molecule has 0 saturated carbocycles. The molecule has 0 spiro atoms. The highest BCUT2D eigenvalue weighted by atomic mass is 32.2. The van der Waals surface area contributed by atoms with Gasteiger partial charge in [-0.05, 0) is 18.9 Å². The Morgan fingerprint density at radius 3 is 2.55 bits per heavy atom. The lowest BCUT2D eigenvalue weighted by Crippen LogP contribution is -2.41. The summed E-state index contributed by atoms with van der Waals surface area (Å²) in [7, 11) is -3.69. The molecule has 0 bridgehead atoms. The molecule has 2 N–H and O–H groups in total. The molecule has 0 aliphatic carbocycles. The minimum atomic E-state index is -3.69. The zero-order chi connectivity index (χ0) is 22.0. The van der Waals surface area contributed by atoms with Crippen molar-refractivity contribution in [2.45, 2.75) is 38.1 Å². The zero-order valence-electron chi connectivity index (χ0n) is 16.5. The van der Waals surface area contributed by atoms with Gasteiger partial charge in [0.2, 0.25) is 5.91 Å². The highest BCUT2D eigenvalue weighted by Crippen LogP contribution is 2.24. The van der Waals surface area contributed by atoms with Crippen LogP contribution >= 0.6 is 0 Å². The number of alkyl carbamates (subject to hydrolysis) is 1. The Bertz CT molecular complexity index is 724. The molecule has 0 aromatic heterocycles. The van der Waals surface area contributed by atoms with Crippen LogP contribution in [0.15, 0.2) is 25.3 Å². The molecule has 1 heterocycles. The SMILES string of the molecule is C=CCOC(=O)N1C[C@H](OS(C)(=O)=O)C[C@@H]1CCNC(=O)OC(C=C)NC(C)=O. The maximum absolute atomic E-state index is 12.2. The van der Waals surface area contributed by atoms with Crippen LogP contribution in [0.25, 0.3) is 0 Å². The highest BCUT2D eigenvalue weighted by Gasteiger charge is 2.38. The number of carbonyl (C=O) groups is 3. The number of nitrogens with zero attached hydrogens (tertiary/aromatic N) is 1. The first-order valence-corrected chi connectivity index (χ1v) is 10.6. The van der Waals surface area contributed by atoms with E-state index < -0.39 is 40.7 Å². The molecule has 1 saturated heterocycles. The summed E-state index contributed by atoms with van der Waals surface area (Å²) in [4.78, 5) is 36.4. The van der Waals surface area contributed by atoms with Gasteiger partial charge < -0.3 is 25.0 Å². The van der Waals surface area contributed by atoms with Crippen LogP contribution in [0, 0.1) is 0 Å². The minimum absolute atomic E-state index is 0.0102. The van der Waals surface area contributed by atoms with Crippen molar-refractivity contribution in [3.63, 3.8) is 0 Å². The number of hydrogen-bond donors (Lipinski definition) is 2. The van der Waals surface area contributed by atoms with Crippen molar-refractivity contribution in [2.24, 2.45) is 0 Å². The number of amides is 3. The fourth-order valence-electron chi connectivity index (χ4n) is 2.74. The van der Waals surface area contributed by atoms with Crippen molar-refractivity contribution >= 4 is 28.2 Å². The van der Waals surface area contributed by atoms with Gasteiger partial charge in [-0.3, -0.25) is 8.98 Å². The van der Waals surface area contributed by atoms with Crippen molar-refractivity contribution in [3.05, 3.63) is 25.3 Å². The fraction of sp³-hybridized carbons (Fsp3) is 0.588. The van der Waals surface area contributed by atoms with Gasteiger partial charge in [-0.1, -0.05) is 19.2 Å². The first-order chi connectivity index (χ1) is 13.6. The number of hydrogen-bond acceptors (Lipinski definition) is 8. The van der Waals surface area contributed by atoms with Gasteiger partial charge in [0.05, 0.1) is 18.9 Å². The second-order valence-electron chi connectivity index (χ2n) is 6.31. The lowest BCUT2D eigenvalue weighted by Gasteiger charge is -2.23. The van der Waals surface area contributed by atoms with E-state index in [1.165, 1.54) is 24.0 Å². The second-order valence-corrected chi connectivity index (χ2v) is 7.91. The van der Waals surface area contributed by atoms with Crippen molar-refractivity contribution < 1.29 is 36.5 Å². The number of likely N-dealkylation sites (tertiary alicyclic amines) is 1. The lowest BCUT2D eigenvalue weighted by atomic mass is 10.1. The van der Waals surface area contributed by atoms with Crippen LogP contribution in [0.2, 0.25) is 0 Å². The summed E-state index contributed by atoms with van der Waals surface area (Å²) in [6.45, 7) is 8.37. The third kappa shape index (κ3) is 9.43. The molecule has 3 atom stereocenters. The van der Waals surface area contributed by atoms with Gasteiger partial charge in [0.25, 0.3) is 10.1 Å². The van der Waals surface area contributed by atoms with Gasteiger partial charge in [0, 0.05) is 19.5 Å². The molecule has 11 nitrogen and oxygen atoms in total. The van der Waals surface area contributed by atoms with Crippen LogP contribution in [0.1, 0.15) is 19.8 Å². The van der Waals surface area contributed by atoms with Gasteiger partial charge in [0.15, 0.2) is 6.23 Å². The summed E-state index contributed by atoms with van der Waals surface area (Å²) in [6.07, 6.45) is 1.07. The van der Waals surface area contributed by atoms with E-state index in [-0.39, 0.29) is 32.0 Å². The van der Waals surface area contributed by atoms with Crippen LogP contribution in [0.5, 0.6) is 0 Å². The minimum Gasteiger partial charge on any atom is -0.445 e. The van der Waals surface area contributed by atoms with Crippen molar-refractivity contribution in [1.29, 1.82) is 0 Å². The predicted octanol–water partition coefficient (Wildman–Crippen LogP) is 0.493. The van der Waals surface area contributed by atoms with Crippen molar-refractivity contribution in [3.8, 4) is 0 Å². The molecule has 1 rings (SSSR count). The standard InChI is InChI=1S/C17H27N3O8S/c1-5-9-26-17(23)20-11-14(28-29(4,24)25)10-13(20)7-8-18-16(22)27-15(6-2)19-12(3)21/h5-6,13-15H,1-2,7-11H2,3-4H3,(H,18,22)(H,19,21)/t13-,14+,15?/m0/s1. The quantitative estimate of drug-likeness (QED) is 0.288. The fourth-order valence-corrected chi connectivity index (χ4v) is 3.37. The molecule has 1 aliphatic rings. The number of rotatable bonds is 10. The maximum Gasteiger partial charge on any atom is 0.410 e. The van der Waals surface area contributed by atoms with Gasteiger partial charge >= 0.3 is 12.2 Å². The van der Waals surface area contributed by atoms with Crippen molar-refractivity contribution in [1.82, 2.24) is 15.5 Å². The van der Waals surface area contributed by atoms with Gasteiger partial charge in [0.1, 0.15) is 6.61 Å². The van der Waals surface area contributed by atoms with Crippen LogP contribution in [-0.2, 0) is 28.6 Å². The van der Waals surface area contributed by atoms with E-state index in [1.54, 1.807) is 0 Å². The second kappa shape index (κ2) is 11.4. The first kappa shape index (κ1) is 24.4. The summed E-state index contributed by atoms with van der Waals surface area (Å²) in [5.41, 5.74) is 0. The molecule has 12 heteroatoms. The molecule has 0 radical (unpaired) electrons. The zero-order valence-corrected chi connectivity index (χ0v) is 17.3. The van der Waals surface area contributed by atoms with Gasteiger partial charge in [-0.2, -0.15) is 8.42 Å². The van der Waals surface area contributed by atoms with E-state index >= 15 is 0 Å². The van der Waals surface area contributed by atoms with E-state index in [2.05, 4.69) is 23.8 Å². The Balaban J connectivity index is 2.61. The average molecular weight is 433 g/mol. The van der Waals surface area contributed by atoms with Crippen LogP contribution in [0.3, 0.4) is 0 Å². The first-order valence-electron chi connectivity index (χ1n) is 8.82. The normalized spacial score (nSPS) is 19.7. The molecule has 0 aromatic rings. The molecule has 1 fully saturated rings. The molecule has 3 amide bonds. The molecular weight excluding hydrogens is 406 g/mol. The average Bonchev–Trinajstić information content (AvgIpc) is 2.99. The topological polar surface area (TPSA) is 140 Å². The van der Waals surface area contributed by atoms with E-state index in [0.29, 0.717) is 6.42 Å². The molecule has 29 heavy (non-hydrogen) atoms. The molecule has 1 aliphatic heterocycles. The van der Waals surface area contributed by atoms with Gasteiger partial charge in [-0.15, -0.1) is 0 Å². The molecular formula is C17H27N3O8S. The Kier molecular flexibility index (Phi) is 9.62. The number of ether oxygens (including phenoxy) is 2.